The number of nitrogens with one attached hydrogen (secondary N) is 1. The van der Waals surface area contributed by atoms with Crippen molar-refractivity contribution in [3.05, 3.63) is 29.8 Å². The second-order valence-electron chi connectivity index (χ2n) is 4.86. The van der Waals surface area contributed by atoms with Crippen LogP contribution in [0.4, 0.5) is 0 Å². The van der Waals surface area contributed by atoms with Crippen LogP contribution in [0.2, 0.25) is 0 Å². The molecule has 1 aromatic carbocycles. The van der Waals surface area contributed by atoms with Crippen LogP contribution in [-0.4, -0.2) is 20.7 Å². The number of fused-ring (bicyclic) bond motifs is 1. The van der Waals surface area contributed by atoms with Gasteiger partial charge in [0.25, 0.3) is 0 Å². The van der Waals surface area contributed by atoms with Gasteiger partial charge in [-0.05, 0) is 31.0 Å². The van der Waals surface area contributed by atoms with Crippen LogP contribution in [0.5, 0.6) is 0 Å². The Balaban J connectivity index is 2.11. The highest BCUT2D eigenvalue weighted by molar-refractivity contribution is 7.91. The Hall–Kier alpha value is -0.870. The van der Waals surface area contributed by atoms with Gasteiger partial charge >= 0.3 is 0 Å². The highest BCUT2D eigenvalue weighted by Crippen LogP contribution is 2.31. The normalized spacial score (nSPS) is 21.5. The van der Waals surface area contributed by atoms with Gasteiger partial charge in [0.1, 0.15) is 0 Å². The number of sulfone groups is 1. The van der Waals surface area contributed by atoms with Crippen molar-refractivity contribution < 1.29 is 8.42 Å². The third kappa shape index (κ3) is 2.93. The zero-order chi connectivity index (χ0) is 13.0. The SMILES string of the molecule is CCCCCNC1CCS(=O)(=O)c2ccccc21. The maximum atomic E-state index is 12.0. The predicted molar refractivity (Wildman–Crippen MR) is 73.4 cm³/mol. The first kappa shape index (κ1) is 13.6. The van der Waals surface area contributed by atoms with Crippen molar-refractivity contribution in [1.29, 1.82) is 0 Å². The molecule has 18 heavy (non-hydrogen) atoms. The Morgan fingerprint density at radius 2 is 2.06 bits per heavy atom. The van der Waals surface area contributed by atoms with Crippen LogP contribution >= 0.6 is 0 Å². The summed E-state index contributed by atoms with van der Waals surface area (Å²) in [6.07, 6.45) is 4.27. The number of hydrogen-bond acceptors (Lipinski definition) is 3. The van der Waals surface area contributed by atoms with Crippen molar-refractivity contribution in [2.24, 2.45) is 0 Å². The minimum absolute atomic E-state index is 0.196. The second-order valence-corrected chi connectivity index (χ2v) is 6.94. The molecule has 1 heterocycles. The molecule has 0 radical (unpaired) electrons. The van der Waals surface area contributed by atoms with Crippen LogP contribution in [0.1, 0.15) is 44.2 Å². The fourth-order valence-electron chi connectivity index (χ4n) is 2.45. The maximum Gasteiger partial charge on any atom is 0.178 e. The highest BCUT2D eigenvalue weighted by Gasteiger charge is 2.29. The number of rotatable bonds is 5. The minimum Gasteiger partial charge on any atom is -0.310 e. The molecule has 4 heteroatoms. The van der Waals surface area contributed by atoms with Crippen LogP contribution in [0.3, 0.4) is 0 Å². The van der Waals surface area contributed by atoms with Crippen molar-refractivity contribution in [2.45, 2.75) is 43.5 Å². The van der Waals surface area contributed by atoms with E-state index in [1.165, 1.54) is 12.8 Å². The Morgan fingerprint density at radius 3 is 2.83 bits per heavy atom. The van der Waals surface area contributed by atoms with E-state index >= 15 is 0 Å². The third-order valence-electron chi connectivity index (χ3n) is 3.48. The lowest BCUT2D eigenvalue weighted by atomic mass is 10.0. The first-order valence-corrected chi connectivity index (χ1v) is 8.35. The van der Waals surface area contributed by atoms with Crippen molar-refractivity contribution in [1.82, 2.24) is 5.32 Å². The minimum atomic E-state index is -3.05. The molecule has 2 rings (SSSR count). The topological polar surface area (TPSA) is 46.2 Å². The summed E-state index contributed by atoms with van der Waals surface area (Å²) in [5.74, 6) is 0.259. The fourth-order valence-corrected chi connectivity index (χ4v) is 4.07. The average molecular weight is 267 g/mol. The number of hydrogen-bond donors (Lipinski definition) is 1. The van der Waals surface area contributed by atoms with E-state index < -0.39 is 9.84 Å². The molecule has 1 aliphatic heterocycles. The fraction of sp³-hybridized carbons (Fsp3) is 0.571. The van der Waals surface area contributed by atoms with Crippen molar-refractivity contribution in [2.75, 3.05) is 12.3 Å². The van der Waals surface area contributed by atoms with Gasteiger partial charge in [-0.15, -0.1) is 0 Å². The van der Waals surface area contributed by atoms with Crippen molar-refractivity contribution >= 4 is 9.84 Å². The number of benzene rings is 1. The van der Waals surface area contributed by atoms with E-state index in [9.17, 15) is 8.42 Å². The van der Waals surface area contributed by atoms with Crippen molar-refractivity contribution in [3.63, 3.8) is 0 Å². The van der Waals surface area contributed by atoms with Crippen LogP contribution in [0.25, 0.3) is 0 Å². The van der Waals surface area contributed by atoms with E-state index in [0.29, 0.717) is 11.3 Å². The average Bonchev–Trinajstić information content (AvgIpc) is 2.37. The molecule has 1 atom stereocenters. The molecule has 0 saturated heterocycles. The molecule has 100 valence electrons. The molecule has 3 nitrogen and oxygen atoms in total. The molecule has 0 spiro atoms. The molecule has 0 saturated carbocycles. The monoisotopic (exact) mass is 267 g/mol. The zero-order valence-corrected chi connectivity index (χ0v) is 11.7. The lowest BCUT2D eigenvalue weighted by Crippen LogP contribution is -2.30. The Kier molecular flexibility index (Phi) is 4.40. The first-order valence-electron chi connectivity index (χ1n) is 6.70. The van der Waals surface area contributed by atoms with Crippen LogP contribution in [0.15, 0.2) is 29.2 Å². The molecule has 0 aliphatic carbocycles. The smallest absolute Gasteiger partial charge is 0.178 e. The third-order valence-corrected chi connectivity index (χ3v) is 5.29. The van der Waals surface area contributed by atoms with Gasteiger partial charge in [0.05, 0.1) is 10.6 Å². The maximum absolute atomic E-state index is 12.0. The van der Waals surface area contributed by atoms with E-state index in [2.05, 4.69) is 12.2 Å². The van der Waals surface area contributed by atoms with Crippen LogP contribution < -0.4 is 5.32 Å². The second kappa shape index (κ2) is 5.85. The lowest BCUT2D eigenvalue weighted by Gasteiger charge is -2.26. The molecular formula is C14H21NO2S. The van der Waals surface area contributed by atoms with Crippen molar-refractivity contribution in [3.8, 4) is 0 Å². The van der Waals surface area contributed by atoms with Gasteiger partial charge in [0.15, 0.2) is 9.84 Å². The van der Waals surface area contributed by atoms with Crippen LogP contribution in [-0.2, 0) is 9.84 Å². The molecule has 0 fully saturated rings. The molecule has 0 bridgehead atoms. The van der Waals surface area contributed by atoms with Gasteiger partial charge in [-0.3, -0.25) is 0 Å². The Labute approximate surface area is 110 Å². The standard InChI is InChI=1S/C14H21NO2S/c1-2-3-6-10-15-13-9-11-18(16,17)14-8-5-4-7-12(13)14/h4-5,7-8,13,15H,2-3,6,9-11H2,1H3. The Morgan fingerprint density at radius 1 is 1.28 bits per heavy atom. The highest BCUT2D eigenvalue weighted by atomic mass is 32.2. The summed E-state index contributed by atoms with van der Waals surface area (Å²) in [6.45, 7) is 3.15. The van der Waals surface area contributed by atoms with E-state index in [-0.39, 0.29) is 11.8 Å². The molecule has 1 aromatic rings. The van der Waals surface area contributed by atoms with Crippen LogP contribution in [0, 0.1) is 0 Å². The van der Waals surface area contributed by atoms with Gasteiger partial charge in [0.2, 0.25) is 0 Å². The van der Waals surface area contributed by atoms with Gasteiger partial charge in [-0.2, -0.15) is 0 Å². The van der Waals surface area contributed by atoms with Gasteiger partial charge in [-0.25, -0.2) is 8.42 Å². The number of unbranched alkanes of at least 4 members (excludes halogenated alkanes) is 2. The summed E-state index contributed by atoms with van der Waals surface area (Å²) in [7, 11) is -3.05. The van der Waals surface area contributed by atoms with Gasteiger partial charge < -0.3 is 5.32 Å². The summed E-state index contributed by atoms with van der Waals surface area (Å²) in [6, 6.07) is 7.58. The molecule has 1 N–H and O–H groups in total. The summed E-state index contributed by atoms with van der Waals surface area (Å²) in [5, 5.41) is 3.49. The molecule has 0 amide bonds. The summed E-state index contributed by atoms with van der Waals surface area (Å²) in [4.78, 5) is 0.518. The summed E-state index contributed by atoms with van der Waals surface area (Å²) < 4.78 is 23.9. The molecule has 0 aromatic heterocycles. The largest absolute Gasteiger partial charge is 0.310 e. The van der Waals surface area contributed by atoms with E-state index in [0.717, 1.165) is 18.5 Å². The Bertz CT molecular complexity index is 496. The van der Waals surface area contributed by atoms with E-state index in [1.54, 1.807) is 12.1 Å². The molecule has 1 aliphatic rings. The van der Waals surface area contributed by atoms with E-state index in [4.69, 9.17) is 0 Å². The quantitative estimate of drug-likeness (QED) is 0.834. The first-order chi connectivity index (χ1) is 8.65. The van der Waals surface area contributed by atoms with E-state index in [1.807, 2.05) is 12.1 Å². The summed E-state index contributed by atoms with van der Waals surface area (Å²) >= 11 is 0. The lowest BCUT2D eigenvalue weighted by molar-refractivity contribution is 0.480. The predicted octanol–water partition coefficient (Wildman–Crippen LogP) is 2.68. The zero-order valence-electron chi connectivity index (χ0n) is 10.9. The summed E-state index contributed by atoms with van der Waals surface area (Å²) in [5.41, 5.74) is 0.945. The molecule has 1 unspecified atom stereocenters. The molecular weight excluding hydrogens is 246 g/mol. The van der Waals surface area contributed by atoms with Gasteiger partial charge in [-0.1, -0.05) is 38.0 Å². The van der Waals surface area contributed by atoms with Gasteiger partial charge in [0, 0.05) is 6.04 Å².